The lowest BCUT2D eigenvalue weighted by molar-refractivity contribution is 0.0697. The Morgan fingerprint density at radius 1 is 1.13 bits per heavy atom. The van der Waals surface area contributed by atoms with Gasteiger partial charge in [0.15, 0.2) is 0 Å². The molecule has 1 aromatic heterocycles. The SMILES string of the molecule is CCC(c1ccccc1)c1nc(-c2ccc(C(=O)O)cc2)no1. The highest BCUT2D eigenvalue weighted by atomic mass is 16.5. The highest BCUT2D eigenvalue weighted by molar-refractivity contribution is 5.88. The zero-order valence-electron chi connectivity index (χ0n) is 12.6. The minimum atomic E-state index is -0.958. The van der Waals surface area contributed by atoms with Crippen LogP contribution in [-0.2, 0) is 0 Å². The summed E-state index contributed by atoms with van der Waals surface area (Å²) in [5, 5.41) is 13.0. The van der Waals surface area contributed by atoms with Crippen molar-refractivity contribution in [3.63, 3.8) is 0 Å². The summed E-state index contributed by atoms with van der Waals surface area (Å²) in [5.74, 6) is 0.124. The van der Waals surface area contributed by atoms with Gasteiger partial charge in [0, 0.05) is 5.56 Å². The Balaban J connectivity index is 1.89. The second-order valence-electron chi connectivity index (χ2n) is 5.21. The van der Waals surface area contributed by atoms with E-state index in [1.807, 2.05) is 30.3 Å². The molecule has 0 aliphatic rings. The van der Waals surface area contributed by atoms with Crippen molar-refractivity contribution in [1.29, 1.82) is 0 Å². The summed E-state index contributed by atoms with van der Waals surface area (Å²) < 4.78 is 5.43. The zero-order valence-corrected chi connectivity index (χ0v) is 12.6. The summed E-state index contributed by atoms with van der Waals surface area (Å²) in [6.07, 6.45) is 0.851. The maximum Gasteiger partial charge on any atom is 0.335 e. The summed E-state index contributed by atoms with van der Waals surface area (Å²) in [4.78, 5) is 15.4. The van der Waals surface area contributed by atoms with Gasteiger partial charge in [-0.3, -0.25) is 0 Å². The van der Waals surface area contributed by atoms with E-state index in [9.17, 15) is 4.79 Å². The van der Waals surface area contributed by atoms with Crippen LogP contribution in [0.2, 0.25) is 0 Å². The second kappa shape index (κ2) is 6.44. The summed E-state index contributed by atoms with van der Waals surface area (Å²) in [5.41, 5.74) is 2.09. The van der Waals surface area contributed by atoms with Crippen molar-refractivity contribution in [2.24, 2.45) is 0 Å². The van der Waals surface area contributed by atoms with Crippen molar-refractivity contribution in [1.82, 2.24) is 10.1 Å². The van der Waals surface area contributed by atoms with Crippen LogP contribution in [0.5, 0.6) is 0 Å². The van der Waals surface area contributed by atoms with Gasteiger partial charge in [0.05, 0.1) is 11.5 Å². The normalized spacial score (nSPS) is 12.0. The van der Waals surface area contributed by atoms with Gasteiger partial charge in [0.25, 0.3) is 0 Å². The smallest absolute Gasteiger partial charge is 0.335 e. The Hall–Kier alpha value is -2.95. The van der Waals surface area contributed by atoms with Crippen LogP contribution in [0.4, 0.5) is 0 Å². The second-order valence-corrected chi connectivity index (χ2v) is 5.21. The minimum Gasteiger partial charge on any atom is -0.478 e. The van der Waals surface area contributed by atoms with E-state index in [-0.39, 0.29) is 11.5 Å². The Kier molecular flexibility index (Phi) is 4.19. The average Bonchev–Trinajstić information content (AvgIpc) is 3.06. The van der Waals surface area contributed by atoms with Crippen LogP contribution in [0.1, 0.15) is 41.1 Å². The number of carbonyl (C=O) groups is 1. The van der Waals surface area contributed by atoms with Crippen LogP contribution < -0.4 is 0 Å². The number of hydrogen-bond acceptors (Lipinski definition) is 4. The van der Waals surface area contributed by atoms with E-state index in [2.05, 4.69) is 17.1 Å². The fourth-order valence-electron chi connectivity index (χ4n) is 2.49. The fraction of sp³-hybridized carbons (Fsp3) is 0.167. The van der Waals surface area contributed by atoms with Crippen LogP contribution in [-0.4, -0.2) is 21.2 Å². The first-order valence-electron chi connectivity index (χ1n) is 7.41. The van der Waals surface area contributed by atoms with Crippen molar-refractivity contribution in [3.8, 4) is 11.4 Å². The molecular formula is C18H16N2O3. The molecule has 0 saturated carbocycles. The van der Waals surface area contributed by atoms with Crippen LogP contribution in [0.15, 0.2) is 59.1 Å². The Morgan fingerprint density at radius 2 is 1.83 bits per heavy atom. The van der Waals surface area contributed by atoms with Gasteiger partial charge in [-0.15, -0.1) is 0 Å². The Morgan fingerprint density at radius 3 is 2.43 bits per heavy atom. The molecule has 0 aliphatic carbocycles. The molecule has 116 valence electrons. The number of rotatable bonds is 5. The molecular weight excluding hydrogens is 292 g/mol. The number of nitrogens with zero attached hydrogens (tertiary/aromatic N) is 2. The lowest BCUT2D eigenvalue weighted by atomic mass is 9.96. The van der Waals surface area contributed by atoms with E-state index in [0.717, 1.165) is 17.5 Å². The van der Waals surface area contributed by atoms with Crippen molar-refractivity contribution < 1.29 is 14.4 Å². The van der Waals surface area contributed by atoms with E-state index < -0.39 is 5.97 Å². The van der Waals surface area contributed by atoms with Gasteiger partial charge in [-0.1, -0.05) is 54.5 Å². The molecule has 3 aromatic rings. The third-order valence-electron chi connectivity index (χ3n) is 3.74. The Labute approximate surface area is 133 Å². The molecule has 23 heavy (non-hydrogen) atoms. The minimum absolute atomic E-state index is 0.0516. The van der Waals surface area contributed by atoms with Crippen LogP contribution in [0.25, 0.3) is 11.4 Å². The summed E-state index contributed by atoms with van der Waals surface area (Å²) in [6, 6.07) is 16.5. The molecule has 0 bridgehead atoms. The van der Waals surface area contributed by atoms with Crippen LogP contribution >= 0.6 is 0 Å². The van der Waals surface area contributed by atoms with Crippen LogP contribution in [0, 0.1) is 0 Å². The lowest BCUT2D eigenvalue weighted by Gasteiger charge is -2.09. The highest BCUT2D eigenvalue weighted by Gasteiger charge is 2.19. The molecule has 5 nitrogen and oxygen atoms in total. The van der Waals surface area contributed by atoms with E-state index in [1.165, 1.54) is 12.1 Å². The van der Waals surface area contributed by atoms with Gasteiger partial charge in [0.1, 0.15) is 0 Å². The molecule has 1 N–H and O–H groups in total. The largest absolute Gasteiger partial charge is 0.478 e. The van der Waals surface area contributed by atoms with Gasteiger partial charge >= 0.3 is 5.97 Å². The van der Waals surface area contributed by atoms with Gasteiger partial charge in [-0.05, 0) is 24.1 Å². The van der Waals surface area contributed by atoms with E-state index in [1.54, 1.807) is 12.1 Å². The number of aromatic nitrogens is 2. The molecule has 5 heteroatoms. The van der Waals surface area contributed by atoms with E-state index in [4.69, 9.17) is 9.63 Å². The predicted octanol–water partition coefficient (Wildman–Crippen LogP) is 3.98. The maximum absolute atomic E-state index is 10.9. The molecule has 0 radical (unpaired) electrons. The molecule has 1 atom stereocenters. The van der Waals surface area contributed by atoms with Gasteiger partial charge < -0.3 is 9.63 Å². The number of hydrogen-bond donors (Lipinski definition) is 1. The fourth-order valence-corrected chi connectivity index (χ4v) is 2.49. The van der Waals surface area contributed by atoms with Crippen LogP contribution in [0.3, 0.4) is 0 Å². The molecule has 1 heterocycles. The molecule has 0 amide bonds. The molecule has 0 saturated heterocycles. The van der Waals surface area contributed by atoms with Gasteiger partial charge in [-0.2, -0.15) is 4.98 Å². The maximum atomic E-state index is 10.9. The topological polar surface area (TPSA) is 76.2 Å². The first-order chi connectivity index (χ1) is 11.2. The monoisotopic (exact) mass is 308 g/mol. The van der Waals surface area contributed by atoms with E-state index in [0.29, 0.717) is 11.7 Å². The van der Waals surface area contributed by atoms with Crippen molar-refractivity contribution in [3.05, 3.63) is 71.6 Å². The lowest BCUT2D eigenvalue weighted by Crippen LogP contribution is -2.00. The van der Waals surface area contributed by atoms with Crippen molar-refractivity contribution in [2.45, 2.75) is 19.3 Å². The Bertz CT molecular complexity index is 795. The quantitative estimate of drug-likeness (QED) is 0.771. The highest BCUT2D eigenvalue weighted by Crippen LogP contribution is 2.28. The summed E-state index contributed by atoms with van der Waals surface area (Å²) in [7, 11) is 0. The molecule has 0 spiro atoms. The first-order valence-corrected chi connectivity index (χ1v) is 7.41. The predicted molar refractivity (Wildman–Crippen MR) is 85.3 cm³/mol. The average molecular weight is 308 g/mol. The number of carboxylic acids is 1. The number of aromatic carboxylic acids is 1. The first kappa shape index (κ1) is 15.0. The molecule has 0 fully saturated rings. The third-order valence-corrected chi connectivity index (χ3v) is 3.74. The number of benzene rings is 2. The summed E-state index contributed by atoms with van der Waals surface area (Å²) in [6.45, 7) is 2.07. The number of carboxylic acid groups (broad SMARTS) is 1. The third kappa shape index (κ3) is 3.13. The summed E-state index contributed by atoms with van der Waals surface area (Å²) >= 11 is 0. The standard InChI is InChI=1S/C18H16N2O3/c1-2-15(12-6-4-3-5-7-12)17-19-16(20-23-17)13-8-10-14(11-9-13)18(21)22/h3-11,15H,2H2,1H3,(H,21,22). The van der Waals surface area contributed by atoms with Gasteiger partial charge in [0.2, 0.25) is 11.7 Å². The van der Waals surface area contributed by atoms with Crippen molar-refractivity contribution >= 4 is 5.97 Å². The van der Waals surface area contributed by atoms with Crippen molar-refractivity contribution in [2.75, 3.05) is 0 Å². The molecule has 2 aromatic carbocycles. The van der Waals surface area contributed by atoms with E-state index >= 15 is 0 Å². The zero-order chi connectivity index (χ0) is 16.2. The van der Waals surface area contributed by atoms with Gasteiger partial charge in [-0.25, -0.2) is 4.79 Å². The molecule has 0 aliphatic heterocycles. The molecule has 1 unspecified atom stereocenters. The molecule has 3 rings (SSSR count).